The summed E-state index contributed by atoms with van der Waals surface area (Å²) in [5, 5.41) is 9.40. The van der Waals surface area contributed by atoms with Gasteiger partial charge in [0.1, 0.15) is 17.4 Å². The van der Waals surface area contributed by atoms with Gasteiger partial charge in [0.15, 0.2) is 0 Å². The Morgan fingerprint density at radius 2 is 1.67 bits per heavy atom. The number of nitrogens with zero attached hydrogens (tertiary/aromatic N) is 1. The summed E-state index contributed by atoms with van der Waals surface area (Å²) in [6.07, 6.45) is 4.67. The second-order valence-electron chi connectivity index (χ2n) is 10.0. The lowest BCUT2D eigenvalue weighted by atomic mass is 10.1. The third kappa shape index (κ3) is 6.69. The Labute approximate surface area is 248 Å². The molecular weight excluding hydrogens is 550 g/mol. The highest BCUT2D eigenvalue weighted by Gasteiger charge is 2.28. The predicted octanol–water partition coefficient (Wildman–Crippen LogP) is 6.40. The van der Waals surface area contributed by atoms with Crippen molar-refractivity contribution >= 4 is 50.6 Å². The Kier molecular flexibility index (Phi) is 9.28. The number of carbonyl (C=O) groups excluding carboxylic acids is 3. The number of hydrogen-bond acceptors (Lipinski definition) is 7. The van der Waals surface area contributed by atoms with E-state index in [0.29, 0.717) is 28.6 Å². The SMILES string of the molecule is CCOC(=O)c1c(NC(=O)C(=O)N/N=C(\C)c2ccc(OCc3cccc4ccccc34)cc2)sc2c1CCCCC2. The van der Waals surface area contributed by atoms with Crippen molar-refractivity contribution < 1.29 is 23.9 Å². The van der Waals surface area contributed by atoms with Gasteiger partial charge in [0, 0.05) is 4.88 Å². The van der Waals surface area contributed by atoms with Crippen molar-refractivity contribution in [1.29, 1.82) is 0 Å². The van der Waals surface area contributed by atoms with Crippen molar-refractivity contribution in [3.05, 3.63) is 93.9 Å². The van der Waals surface area contributed by atoms with E-state index in [-0.39, 0.29) is 6.61 Å². The molecule has 0 bridgehead atoms. The number of amides is 2. The zero-order valence-electron chi connectivity index (χ0n) is 23.7. The van der Waals surface area contributed by atoms with Gasteiger partial charge >= 0.3 is 17.8 Å². The molecular formula is C33H33N3O5S. The van der Waals surface area contributed by atoms with Crippen LogP contribution in [-0.4, -0.2) is 30.1 Å². The Morgan fingerprint density at radius 3 is 2.48 bits per heavy atom. The first-order valence-corrected chi connectivity index (χ1v) is 14.9. The van der Waals surface area contributed by atoms with E-state index in [2.05, 4.69) is 40.1 Å². The molecule has 0 atom stereocenters. The Morgan fingerprint density at radius 1 is 0.905 bits per heavy atom. The number of carbonyl (C=O) groups is 3. The maximum absolute atomic E-state index is 12.7. The van der Waals surface area contributed by atoms with Crippen LogP contribution < -0.4 is 15.5 Å². The van der Waals surface area contributed by atoms with Gasteiger partial charge in [-0.15, -0.1) is 11.3 Å². The van der Waals surface area contributed by atoms with Gasteiger partial charge in [-0.1, -0.05) is 48.9 Å². The standard InChI is InChI=1S/C33H33N3O5S/c1-3-40-33(39)29-27-14-5-4-6-15-28(27)42-32(29)34-30(37)31(38)36-35-21(2)22-16-18-25(19-17-22)41-20-24-12-9-11-23-10-7-8-13-26(23)24/h7-13,16-19H,3-6,14-15,20H2,1-2H3,(H,34,37)(H,36,38)/b35-21+. The molecule has 0 saturated heterocycles. The molecule has 0 unspecified atom stereocenters. The van der Waals surface area contributed by atoms with E-state index in [1.807, 2.05) is 42.5 Å². The summed E-state index contributed by atoms with van der Waals surface area (Å²) in [5.74, 6) is -1.60. The van der Waals surface area contributed by atoms with Crippen LogP contribution in [0.2, 0.25) is 0 Å². The van der Waals surface area contributed by atoms with Crippen LogP contribution in [0.3, 0.4) is 0 Å². The van der Waals surface area contributed by atoms with Crippen LogP contribution >= 0.6 is 11.3 Å². The summed E-state index contributed by atoms with van der Waals surface area (Å²) < 4.78 is 11.3. The van der Waals surface area contributed by atoms with Crippen molar-refractivity contribution in [2.45, 2.75) is 52.6 Å². The molecule has 0 spiro atoms. The molecule has 8 nitrogen and oxygen atoms in total. The van der Waals surface area contributed by atoms with Gasteiger partial charge in [0.2, 0.25) is 0 Å². The molecule has 0 saturated carbocycles. The highest BCUT2D eigenvalue weighted by Crippen LogP contribution is 2.38. The van der Waals surface area contributed by atoms with Crippen molar-refractivity contribution in [2.75, 3.05) is 11.9 Å². The lowest BCUT2D eigenvalue weighted by Gasteiger charge is -2.10. The van der Waals surface area contributed by atoms with Gasteiger partial charge in [-0.3, -0.25) is 9.59 Å². The summed E-state index contributed by atoms with van der Waals surface area (Å²) in [6, 6.07) is 21.7. The fourth-order valence-electron chi connectivity index (χ4n) is 5.03. The van der Waals surface area contributed by atoms with Crippen molar-refractivity contribution in [3.8, 4) is 5.75 Å². The number of esters is 1. The summed E-state index contributed by atoms with van der Waals surface area (Å²) in [5.41, 5.74) is 5.99. The van der Waals surface area contributed by atoms with E-state index in [1.165, 1.54) is 16.7 Å². The lowest BCUT2D eigenvalue weighted by molar-refractivity contribution is -0.136. The van der Waals surface area contributed by atoms with Gasteiger partial charge in [-0.05, 0) is 91.3 Å². The van der Waals surface area contributed by atoms with Crippen LogP contribution in [0.1, 0.15) is 65.0 Å². The molecule has 1 aliphatic carbocycles. The van der Waals surface area contributed by atoms with Gasteiger partial charge in [0.05, 0.1) is 17.9 Å². The number of benzene rings is 3. The van der Waals surface area contributed by atoms with Gasteiger partial charge in [-0.25, -0.2) is 10.2 Å². The zero-order chi connectivity index (χ0) is 29.5. The van der Waals surface area contributed by atoms with Crippen LogP contribution in [0.25, 0.3) is 10.8 Å². The molecule has 9 heteroatoms. The second-order valence-corrected chi connectivity index (χ2v) is 11.1. The second kappa shape index (κ2) is 13.4. The Balaban J connectivity index is 1.20. The third-order valence-corrected chi connectivity index (χ3v) is 8.41. The molecule has 5 rings (SSSR count). The summed E-state index contributed by atoms with van der Waals surface area (Å²) in [6.45, 7) is 4.13. The number of aryl methyl sites for hydroxylation is 1. The predicted molar refractivity (Wildman–Crippen MR) is 165 cm³/mol. The first-order chi connectivity index (χ1) is 20.4. The van der Waals surface area contributed by atoms with Gasteiger partial charge in [0.25, 0.3) is 0 Å². The number of ether oxygens (including phenoxy) is 2. The molecule has 1 heterocycles. The zero-order valence-corrected chi connectivity index (χ0v) is 24.5. The molecule has 2 N–H and O–H groups in total. The fourth-order valence-corrected chi connectivity index (χ4v) is 6.30. The topological polar surface area (TPSA) is 106 Å². The van der Waals surface area contributed by atoms with Gasteiger partial charge < -0.3 is 14.8 Å². The monoisotopic (exact) mass is 583 g/mol. The molecule has 0 fully saturated rings. The van der Waals surface area contributed by atoms with Crippen LogP contribution in [0.5, 0.6) is 5.75 Å². The fraction of sp³-hybridized carbons (Fsp3) is 0.273. The average Bonchev–Trinajstić information content (AvgIpc) is 3.18. The number of hydrogen-bond donors (Lipinski definition) is 2. The van der Waals surface area contributed by atoms with E-state index in [4.69, 9.17) is 9.47 Å². The smallest absolute Gasteiger partial charge is 0.341 e. The molecule has 42 heavy (non-hydrogen) atoms. The van der Waals surface area contributed by atoms with Crippen molar-refractivity contribution in [3.63, 3.8) is 0 Å². The molecule has 216 valence electrons. The Hall–Kier alpha value is -4.50. The van der Waals surface area contributed by atoms with Gasteiger partial charge in [-0.2, -0.15) is 5.10 Å². The van der Waals surface area contributed by atoms with Crippen LogP contribution in [0, 0.1) is 0 Å². The molecule has 0 aliphatic heterocycles. The number of thiophene rings is 1. The molecule has 1 aliphatic rings. The highest BCUT2D eigenvalue weighted by molar-refractivity contribution is 7.17. The first-order valence-electron chi connectivity index (χ1n) is 14.1. The van der Waals surface area contributed by atoms with Crippen molar-refractivity contribution in [2.24, 2.45) is 5.10 Å². The first kappa shape index (κ1) is 29.0. The molecule has 1 aromatic heterocycles. The van der Waals surface area contributed by atoms with E-state index < -0.39 is 17.8 Å². The average molecular weight is 584 g/mol. The quantitative estimate of drug-likeness (QED) is 0.0820. The maximum Gasteiger partial charge on any atom is 0.341 e. The number of fused-ring (bicyclic) bond motifs is 2. The van der Waals surface area contributed by atoms with Crippen LogP contribution in [0.15, 0.2) is 71.8 Å². The minimum atomic E-state index is -0.928. The molecule has 4 aromatic rings. The highest BCUT2D eigenvalue weighted by atomic mass is 32.1. The van der Waals surface area contributed by atoms with E-state index >= 15 is 0 Å². The largest absolute Gasteiger partial charge is 0.489 e. The van der Waals surface area contributed by atoms with E-state index in [1.54, 1.807) is 13.8 Å². The Bertz CT molecular complexity index is 1640. The van der Waals surface area contributed by atoms with Crippen LogP contribution in [-0.2, 0) is 33.8 Å². The van der Waals surface area contributed by atoms with Crippen LogP contribution in [0.4, 0.5) is 5.00 Å². The minimum Gasteiger partial charge on any atom is -0.489 e. The molecule has 3 aromatic carbocycles. The summed E-state index contributed by atoms with van der Waals surface area (Å²) in [7, 11) is 0. The van der Waals surface area contributed by atoms with Crippen molar-refractivity contribution in [1.82, 2.24) is 5.43 Å². The molecule has 2 amide bonds. The van der Waals surface area contributed by atoms with E-state index in [0.717, 1.165) is 59.1 Å². The van der Waals surface area contributed by atoms with E-state index in [9.17, 15) is 14.4 Å². The maximum atomic E-state index is 12.7. The third-order valence-electron chi connectivity index (χ3n) is 7.21. The minimum absolute atomic E-state index is 0.225. The summed E-state index contributed by atoms with van der Waals surface area (Å²) >= 11 is 1.34. The lowest BCUT2D eigenvalue weighted by Crippen LogP contribution is -2.33. The molecule has 0 radical (unpaired) electrons. The summed E-state index contributed by atoms with van der Waals surface area (Å²) in [4.78, 5) is 39.1. The number of nitrogens with one attached hydrogen (secondary N) is 2. The number of anilines is 1. The number of rotatable bonds is 8. The number of hydrazone groups is 1. The normalized spacial score (nSPS) is 13.1.